The number of anilines is 1. The molecule has 2 N–H and O–H groups in total. The summed E-state index contributed by atoms with van der Waals surface area (Å²) in [5.41, 5.74) is 3.50. The van der Waals surface area contributed by atoms with Gasteiger partial charge < -0.3 is 10.3 Å². The molecule has 0 atom stereocenters. The second kappa shape index (κ2) is 6.23. The Morgan fingerprint density at radius 2 is 2.07 bits per heavy atom. The summed E-state index contributed by atoms with van der Waals surface area (Å²) < 4.78 is 14.9. The Morgan fingerprint density at radius 3 is 2.96 bits per heavy atom. The van der Waals surface area contributed by atoms with Crippen LogP contribution in [0.1, 0.15) is 10.4 Å². The summed E-state index contributed by atoms with van der Waals surface area (Å²) in [6, 6.07) is 6.64. The van der Waals surface area contributed by atoms with Crippen molar-refractivity contribution < 1.29 is 9.18 Å². The van der Waals surface area contributed by atoms with Crippen LogP contribution in [0.2, 0.25) is 0 Å². The molecule has 0 bridgehead atoms. The molecule has 9 heteroatoms. The summed E-state index contributed by atoms with van der Waals surface area (Å²) in [5, 5.41) is 7.90. The Labute approximate surface area is 157 Å². The quantitative estimate of drug-likeness (QED) is 0.506. The predicted molar refractivity (Wildman–Crippen MR) is 100 cm³/mol. The van der Waals surface area contributed by atoms with Gasteiger partial charge in [-0.3, -0.25) is 9.78 Å². The van der Waals surface area contributed by atoms with Crippen LogP contribution in [-0.2, 0) is 0 Å². The van der Waals surface area contributed by atoms with Crippen LogP contribution in [-0.4, -0.2) is 35.5 Å². The Kier molecular flexibility index (Phi) is 3.58. The van der Waals surface area contributed by atoms with Gasteiger partial charge in [0.25, 0.3) is 5.91 Å². The maximum absolute atomic E-state index is 13.3. The third-order valence-electron chi connectivity index (χ3n) is 4.29. The molecule has 1 amide bonds. The number of carbonyl (C=O) groups excluding carboxylic acids is 1. The molecule has 5 aromatic heterocycles. The van der Waals surface area contributed by atoms with E-state index >= 15 is 0 Å². The Bertz CT molecular complexity index is 1340. The first-order valence-corrected chi connectivity index (χ1v) is 8.37. The third-order valence-corrected chi connectivity index (χ3v) is 4.29. The lowest BCUT2D eigenvalue weighted by molar-refractivity contribution is 0.102. The number of H-pyrrole nitrogens is 1. The van der Waals surface area contributed by atoms with Gasteiger partial charge in [-0.05, 0) is 18.2 Å². The highest BCUT2D eigenvalue weighted by Crippen LogP contribution is 2.27. The highest BCUT2D eigenvalue weighted by molar-refractivity contribution is 6.07. The van der Waals surface area contributed by atoms with Gasteiger partial charge in [0, 0.05) is 41.8 Å². The van der Waals surface area contributed by atoms with Gasteiger partial charge in [-0.1, -0.05) is 0 Å². The molecule has 0 fully saturated rings. The maximum Gasteiger partial charge on any atom is 0.257 e. The van der Waals surface area contributed by atoms with E-state index < -0.39 is 11.7 Å². The molecule has 0 spiro atoms. The fourth-order valence-electron chi connectivity index (χ4n) is 2.98. The maximum atomic E-state index is 13.3. The number of halogens is 1. The highest BCUT2D eigenvalue weighted by atomic mass is 19.1. The largest absolute Gasteiger partial charge is 0.345 e. The number of nitrogens with zero attached hydrogens (tertiary/aromatic N) is 5. The number of hydrogen-bond acceptors (Lipinski definition) is 5. The molecular formula is C19H12FN7O. The van der Waals surface area contributed by atoms with Crippen LogP contribution in [0.4, 0.5) is 10.1 Å². The van der Waals surface area contributed by atoms with Gasteiger partial charge in [-0.15, -0.1) is 0 Å². The first-order valence-electron chi connectivity index (χ1n) is 8.37. The lowest BCUT2D eigenvalue weighted by Crippen LogP contribution is -2.12. The zero-order valence-corrected chi connectivity index (χ0v) is 14.3. The number of hydrogen-bond donors (Lipinski definition) is 2. The van der Waals surface area contributed by atoms with Crippen LogP contribution >= 0.6 is 0 Å². The summed E-state index contributed by atoms with van der Waals surface area (Å²) >= 11 is 0. The first-order chi connectivity index (χ1) is 13.7. The number of fused-ring (bicyclic) bond motifs is 2. The highest BCUT2D eigenvalue weighted by Gasteiger charge is 2.14. The van der Waals surface area contributed by atoms with Gasteiger partial charge in [0.2, 0.25) is 0 Å². The van der Waals surface area contributed by atoms with Crippen molar-refractivity contribution in [3.05, 3.63) is 72.8 Å². The van der Waals surface area contributed by atoms with Crippen molar-refractivity contribution in [2.24, 2.45) is 0 Å². The van der Waals surface area contributed by atoms with E-state index in [1.54, 1.807) is 29.2 Å². The molecule has 0 unspecified atom stereocenters. The smallest absolute Gasteiger partial charge is 0.257 e. The van der Waals surface area contributed by atoms with E-state index in [9.17, 15) is 9.18 Å². The number of imidazole rings is 1. The third kappa shape index (κ3) is 2.75. The van der Waals surface area contributed by atoms with Crippen molar-refractivity contribution in [2.75, 3.05) is 5.32 Å². The molecule has 0 saturated carbocycles. The van der Waals surface area contributed by atoms with E-state index in [0.29, 0.717) is 16.9 Å². The molecule has 0 aromatic carbocycles. The van der Waals surface area contributed by atoms with Gasteiger partial charge in [-0.2, -0.15) is 5.10 Å². The number of pyridine rings is 2. The molecular weight excluding hydrogens is 361 g/mol. The number of nitrogens with one attached hydrogen (secondary N) is 2. The Balaban J connectivity index is 1.53. The Morgan fingerprint density at radius 1 is 1.14 bits per heavy atom. The molecule has 0 aliphatic carbocycles. The van der Waals surface area contributed by atoms with E-state index in [0.717, 1.165) is 22.8 Å². The average Bonchev–Trinajstić information content (AvgIpc) is 3.33. The number of aromatic amines is 1. The van der Waals surface area contributed by atoms with Gasteiger partial charge in [0.15, 0.2) is 5.65 Å². The van der Waals surface area contributed by atoms with E-state index in [4.69, 9.17) is 0 Å². The molecule has 0 saturated heterocycles. The van der Waals surface area contributed by atoms with E-state index in [1.165, 1.54) is 18.5 Å². The number of aromatic nitrogens is 6. The Hall–Kier alpha value is -4.14. The number of carbonyl (C=O) groups is 1. The minimum atomic E-state index is -0.528. The van der Waals surface area contributed by atoms with E-state index in [2.05, 4.69) is 30.4 Å². The zero-order valence-electron chi connectivity index (χ0n) is 14.3. The van der Waals surface area contributed by atoms with Crippen molar-refractivity contribution >= 4 is 28.3 Å². The van der Waals surface area contributed by atoms with Crippen molar-refractivity contribution in [1.82, 2.24) is 29.5 Å². The molecule has 5 rings (SSSR count). The minimum absolute atomic E-state index is 0.270. The summed E-state index contributed by atoms with van der Waals surface area (Å²) in [5.74, 6) is -0.938. The SMILES string of the molecule is O=C(Nc1cncc(F)c1)c1cnc2[nH]cc(-c3ccc4nccn4n3)c2c1. The van der Waals surface area contributed by atoms with Gasteiger partial charge in [0.05, 0.1) is 29.3 Å². The normalized spacial score (nSPS) is 11.2. The molecule has 8 nitrogen and oxygen atoms in total. The standard InChI is InChI=1S/C19H12FN7O/c20-12-6-13(9-21-8-12)25-19(28)11-5-14-15(10-24-18(14)23-7-11)16-1-2-17-22-3-4-27(17)26-16/h1-10H,(H,23,24)(H,25,28). The predicted octanol–water partition coefficient (Wildman–Crippen LogP) is 3.06. The van der Waals surface area contributed by atoms with Crippen LogP contribution in [0.3, 0.4) is 0 Å². The van der Waals surface area contributed by atoms with E-state index in [1.807, 2.05) is 12.1 Å². The fourth-order valence-corrected chi connectivity index (χ4v) is 2.98. The monoisotopic (exact) mass is 373 g/mol. The summed E-state index contributed by atoms with van der Waals surface area (Å²) in [6.07, 6.45) is 9.13. The lowest BCUT2D eigenvalue weighted by Gasteiger charge is -2.05. The molecule has 28 heavy (non-hydrogen) atoms. The van der Waals surface area contributed by atoms with Crippen molar-refractivity contribution in [3.63, 3.8) is 0 Å². The topological polar surface area (TPSA) is 101 Å². The molecule has 136 valence electrons. The van der Waals surface area contributed by atoms with Crippen LogP contribution in [0.25, 0.3) is 27.9 Å². The van der Waals surface area contributed by atoms with Gasteiger partial charge >= 0.3 is 0 Å². The number of amides is 1. The fraction of sp³-hybridized carbons (Fsp3) is 0. The van der Waals surface area contributed by atoms with Crippen molar-refractivity contribution in [2.45, 2.75) is 0 Å². The molecule has 5 aromatic rings. The molecule has 0 radical (unpaired) electrons. The zero-order chi connectivity index (χ0) is 19.1. The second-order valence-corrected chi connectivity index (χ2v) is 6.12. The summed E-state index contributed by atoms with van der Waals surface area (Å²) in [4.78, 5) is 27.8. The van der Waals surface area contributed by atoms with Gasteiger partial charge in [0.1, 0.15) is 11.5 Å². The molecule has 0 aliphatic rings. The average molecular weight is 373 g/mol. The van der Waals surface area contributed by atoms with Crippen molar-refractivity contribution in [3.8, 4) is 11.3 Å². The first kappa shape index (κ1) is 16.1. The van der Waals surface area contributed by atoms with Gasteiger partial charge in [-0.25, -0.2) is 18.9 Å². The van der Waals surface area contributed by atoms with E-state index in [-0.39, 0.29) is 5.69 Å². The second-order valence-electron chi connectivity index (χ2n) is 6.12. The van der Waals surface area contributed by atoms with Crippen LogP contribution in [0.15, 0.2) is 61.4 Å². The molecule has 0 aliphatic heterocycles. The van der Waals surface area contributed by atoms with Crippen LogP contribution in [0, 0.1) is 5.82 Å². The lowest BCUT2D eigenvalue weighted by atomic mass is 10.1. The van der Waals surface area contributed by atoms with Crippen LogP contribution < -0.4 is 5.32 Å². The summed E-state index contributed by atoms with van der Waals surface area (Å²) in [7, 11) is 0. The molecule has 5 heterocycles. The number of rotatable bonds is 3. The van der Waals surface area contributed by atoms with Crippen molar-refractivity contribution in [1.29, 1.82) is 0 Å². The van der Waals surface area contributed by atoms with Crippen LogP contribution in [0.5, 0.6) is 0 Å². The minimum Gasteiger partial charge on any atom is -0.345 e. The summed E-state index contributed by atoms with van der Waals surface area (Å²) in [6.45, 7) is 0.